The summed E-state index contributed by atoms with van der Waals surface area (Å²) in [6.45, 7) is 1.42. The van der Waals surface area contributed by atoms with Crippen LogP contribution in [-0.4, -0.2) is 37.6 Å². The van der Waals surface area contributed by atoms with Crippen LogP contribution in [-0.2, 0) is 9.53 Å². The summed E-state index contributed by atoms with van der Waals surface area (Å²) < 4.78 is 5.49. The summed E-state index contributed by atoms with van der Waals surface area (Å²) in [7, 11) is 0. The fraction of sp³-hybridized carbons (Fsp3) is 0.300. The Balaban J connectivity index is 1.43. The van der Waals surface area contributed by atoms with Gasteiger partial charge in [0.25, 0.3) is 5.91 Å². The Morgan fingerprint density at radius 3 is 2.41 bits per heavy atom. The Morgan fingerprint density at radius 1 is 1.04 bits per heavy atom. The van der Waals surface area contributed by atoms with E-state index >= 15 is 0 Å². The van der Waals surface area contributed by atoms with Crippen LogP contribution in [0.25, 0.3) is 0 Å². The fourth-order valence-electron chi connectivity index (χ4n) is 2.77. The van der Waals surface area contributed by atoms with Crippen molar-refractivity contribution in [3.63, 3.8) is 0 Å². The molecule has 0 saturated carbocycles. The number of halogens is 1. The molecule has 0 aromatic heterocycles. The quantitative estimate of drug-likeness (QED) is 0.681. The number of carbonyl (C=O) groups is 2. The Kier molecular flexibility index (Phi) is 6.68. The first-order valence-electron chi connectivity index (χ1n) is 8.89. The van der Waals surface area contributed by atoms with E-state index in [9.17, 15) is 9.59 Å². The summed E-state index contributed by atoms with van der Waals surface area (Å²) in [5, 5.41) is 9.31. The molecular weight excluding hydrogens is 366 g/mol. The molecule has 1 aliphatic rings. The van der Waals surface area contributed by atoms with Crippen LogP contribution in [0.3, 0.4) is 0 Å². The third-order valence-electron chi connectivity index (χ3n) is 4.24. The number of hydrogen-bond acceptors (Lipinski definition) is 4. The summed E-state index contributed by atoms with van der Waals surface area (Å²) in [5.74, 6) is -0.298. The van der Waals surface area contributed by atoms with Gasteiger partial charge in [0.05, 0.1) is 12.6 Å². The topological polar surface area (TPSA) is 79.5 Å². The highest BCUT2D eigenvalue weighted by Gasteiger charge is 2.16. The number of carbonyl (C=O) groups excluding carboxylic acids is 2. The molecule has 0 spiro atoms. The van der Waals surface area contributed by atoms with E-state index in [4.69, 9.17) is 16.3 Å². The van der Waals surface area contributed by atoms with Crippen molar-refractivity contribution in [1.29, 1.82) is 0 Å². The molecule has 0 radical (unpaired) electrons. The molecule has 2 aromatic carbocycles. The van der Waals surface area contributed by atoms with E-state index in [1.165, 1.54) is 0 Å². The highest BCUT2D eigenvalue weighted by atomic mass is 35.5. The summed E-state index contributed by atoms with van der Waals surface area (Å²) in [6, 6.07) is 13.9. The second kappa shape index (κ2) is 9.39. The molecule has 3 rings (SSSR count). The minimum absolute atomic E-state index is 0.118. The van der Waals surface area contributed by atoms with E-state index in [0.717, 1.165) is 25.1 Å². The van der Waals surface area contributed by atoms with E-state index in [2.05, 4.69) is 16.0 Å². The van der Waals surface area contributed by atoms with Gasteiger partial charge in [0.2, 0.25) is 5.91 Å². The van der Waals surface area contributed by atoms with Gasteiger partial charge in [-0.1, -0.05) is 11.6 Å². The first-order valence-corrected chi connectivity index (χ1v) is 9.27. The maximum absolute atomic E-state index is 12.1. The molecule has 1 aliphatic heterocycles. The lowest BCUT2D eigenvalue weighted by molar-refractivity contribution is -0.114. The molecule has 0 aliphatic carbocycles. The summed E-state index contributed by atoms with van der Waals surface area (Å²) in [6.07, 6.45) is 2.15. The molecule has 1 saturated heterocycles. The van der Waals surface area contributed by atoms with Crippen LogP contribution < -0.4 is 16.0 Å². The molecule has 2 aromatic rings. The van der Waals surface area contributed by atoms with Crippen LogP contribution >= 0.6 is 11.6 Å². The third kappa shape index (κ3) is 5.98. The fourth-order valence-corrected chi connectivity index (χ4v) is 2.90. The lowest BCUT2D eigenvalue weighted by Crippen LogP contribution is -2.31. The van der Waals surface area contributed by atoms with Crippen molar-refractivity contribution >= 4 is 34.8 Å². The Morgan fingerprint density at radius 2 is 1.74 bits per heavy atom. The Hall–Kier alpha value is -2.57. The minimum Gasteiger partial charge on any atom is -0.376 e. The maximum atomic E-state index is 12.1. The van der Waals surface area contributed by atoms with Gasteiger partial charge < -0.3 is 20.7 Å². The highest BCUT2D eigenvalue weighted by Crippen LogP contribution is 2.14. The van der Waals surface area contributed by atoms with Crippen molar-refractivity contribution in [3.05, 3.63) is 59.1 Å². The van der Waals surface area contributed by atoms with Crippen molar-refractivity contribution in [2.75, 3.05) is 30.3 Å². The zero-order valence-electron chi connectivity index (χ0n) is 14.8. The third-order valence-corrected chi connectivity index (χ3v) is 4.49. The van der Waals surface area contributed by atoms with Gasteiger partial charge in [-0.15, -0.1) is 0 Å². The molecule has 2 amide bonds. The lowest BCUT2D eigenvalue weighted by atomic mass is 10.2. The standard InChI is InChI=1S/C20H22ClN3O3/c21-15-5-9-17(10-6-15)24-19(25)13-22-16-7-3-14(4-8-16)20(26)23-12-18-2-1-11-27-18/h3-10,18,22H,1-2,11-13H2,(H,23,26)(H,24,25). The molecule has 1 fully saturated rings. The summed E-state index contributed by atoms with van der Waals surface area (Å²) in [4.78, 5) is 24.1. The van der Waals surface area contributed by atoms with E-state index in [1.54, 1.807) is 48.5 Å². The number of anilines is 2. The predicted octanol–water partition coefficient (Wildman–Crippen LogP) is 3.30. The molecule has 0 bridgehead atoms. The molecular formula is C20H22ClN3O3. The van der Waals surface area contributed by atoms with Gasteiger partial charge >= 0.3 is 0 Å². The molecule has 142 valence electrons. The van der Waals surface area contributed by atoms with Crippen molar-refractivity contribution in [3.8, 4) is 0 Å². The second-order valence-corrected chi connectivity index (χ2v) is 6.77. The molecule has 1 atom stereocenters. The number of amides is 2. The van der Waals surface area contributed by atoms with E-state index in [1.807, 2.05) is 0 Å². The van der Waals surface area contributed by atoms with Crippen LogP contribution in [0, 0.1) is 0 Å². The van der Waals surface area contributed by atoms with E-state index < -0.39 is 0 Å². The normalized spacial score (nSPS) is 16.0. The van der Waals surface area contributed by atoms with Gasteiger partial charge in [0, 0.05) is 35.1 Å². The summed E-state index contributed by atoms with van der Waals surface area (Å²) in [5.41, 5.74) is 2.02. The van der Waals surface area contributed by atoms with Crippen molar-refractivity contribution in [2.24, 2.45) is 0 Å². The van der Waals surface area contributed by atoms with Gasteiger partial charge in [-0.3, -0.25) is 9.59 Å². The minimum atomic E-state index is -0.171. The molecule has 1 unspecified atom stereocenters. The van der Waals surface area contributed by atoms with Gasteiger partial charge in [0.1, 0.15) is 0 Å². The number of hydrogen-bond donors (Lipinski definition) is 3. The largest absolute Gasteiger partial charge is 0.376 e. The van der Waals surface area contributed by atoms with Crippen LogP contribution in [0.2, 0.25) is 5.02 Å². The number of ether oxygens (including phenoxy) is 1. The van der Waals surface area contributed by atoms with Gasteiger partial charge in [-0.2, -0.15) is 0 Å². The highest BCUT2D eigenvalue weighted by molar-refractivity contribution is 6.30. The first-order chi connectivity index (χ1) is 13.1. The van der Waals surface area contributed by atoms with Crippen molar-refractivity contribution < 1.29 is 14.3 Å². The second-order valence-electron chi connectivity index (χ2n) is 6.33. The molecule has 7 heteroatoms. The molecule has 6 nitrogen and oxygen atoms in total. The lowest BCUT2D eigenvalue weighted by Gasteiger charge is -2.11. The molecule has 1 heterocycles. The number of benzene rings is 2. The van der Waals surface area contributed by atoms with E-state index in [-0.39, 0.29) is 24.5 Å². The summed E-state index contributed by atoms with van der Waals surface area (Å²) >= 11 is 5.82. The Labute approximate surface area is 163 Å². The van der Waals surface area contributed by atoms with E-state index in [0.29, 0.717) is 22.8 Å². The van der Waals surface area contributed by atoms with Crippen LogP contribution in [0.15, 0.2) is 48.5 Å². The zero-order chi connectivity index (χ0) is 19.1. The maximum Gasteiger partial charge on any atom is 0.251 e. The van der Waals surface area contributed by atoms with Crippen molar-refractivity contribution in [2.45, 2.75) is 18.9 Å². The number of rotatable bonds is 7. The van der Waals surface area contributed by atoms with Crippen LogP contribution in [0.1, 0.15) is 23.2 Å². The predicted molar refractivity (Wildman–Crippen MR) is 106 cm³/mol. The van der Waals surface area contributed by atoms with Crippen LogP contribution in [0.5, 0.6) is 0 Å². The monoisotopic (exact) mass is 387 g/mol. The Bertz CT molecular complexity index is 772. The average molecular weight is 388 g/mol. The molecule has 27 heavy (non-hydrogen) atoms. The average Bonchev–Trinajstić information content (AvgIpc) is 3.20. The first kappa shape index (κ1) is 19.2. The van der Waals surface area contributed by atoms with Gasteiger partial charge in [-0.25, -0.2) is 0 Å². The number of nitrogens with one attached hydrogen (secondary N) is 3. The van der Waals surface area contributed by atoms with Crippen LogP contribution in [0.4, 0.5) is 11.4 Å². The molecule has 3 N–H and O–H groups in total. The van der Waals surface area contributed by atoms with Gasteiger partial charge in [-0.05, 0) is 61.4 Å². The van der Waals surface area contributed by atoms with Crippen molar-refractivity contribution in [1.82, 2.24) is 5.32 Å². The SMILES string of the molecule is O=C(CNc1ccc(C(=O)NCC2CCCO2)cc1)Nc1ccc(Cl)cc1. The smallest absolute Gasteiger partial charge is 0.251 e. The van der Waals surface area contributed by atoms with Gasteiger partial charge in [0.15, 0.2) is 0 Å². The zero-order valence-corrected chi connectivity index (χ0v) is 15.6.